The summed E-state index contributed by atoms with van der Waals surface area (Å²) in [5.41, 5.74) is 2.37. The van der Waals surface area contributed by atoms with Gasteiger partial charge in [0.2, 0.25) is 0 Å². The third kappa shape index (κ3) is 5.35. The van der Waals surface area contributed by atoms with Crippen LogP contribution in [0.5, 0.6) is 5.75 Å². The fourth-order valence-corrected chi connectivity index (χ4v) is 3.58. The standard InChI is InChI=1S/C16H25NO2S/c1-12-7-13(2)9-16(8-12)19-11-15(18)10-17-14-3-5-20-6-4-14/h7-9,14-15,17-18H,3-6,10-11H2,1-2H3. The van der Waals surface area contributed by atoms with E-state index in [1.54, 1.807) is 0 Å². The second-order valence-electron chi connectivity index (χ2n) is 5.58. The number of ether oxygens (including phenoxy) is 1. The predicted molar refractivity (Wildman–Crippen MR) is 85.8 cm³/mol. The monoisotopic (exact) mass is 295 g/mol. The fraction of sp³-hybridized carbons (Fsp3) is 0.625. The molecule has 1 aromatic rings. The molecule has 0 saturated carbocycles. The maximum Gasteiger partial charge on any atom is 0.119 e. The predicted octanol–water partition coefficient (Wildman–Crippen LogP) is 2.53. The van der Waals surface area contributed by atoms with Gasteiger partial charge in [0, 0.05) is 12.6 Å². The van der Waals surface area contributed by atoms with E-state index in [2.05, 4.69) is 25.2 Å². The highest BCUT2D eigenvalue weighted by molar-refractivity contribution is 7.99. The highest BCUT2D eigenvalue weighted by Gasteiger charge is 2.14. The Morgan fingerprint density at radius 3 is 2.55 bits per heavy atom. The number of aryl methyl sites for hydroxylation is 2. The Hall–Kier alpha value is -0.710. The van der Waals surface area contributed by atoms with Crippen LogP contribution in [-0.2, 0) is 0 Å². The molecule has 1 aromatic carbocycles. The lowest BCUT2D eigenvalue weighted by molar-refractivity contribution is 0.103. The molecule has 3 nitrogen and oxygen atoms in total. The van der Waals surface area contributed by atoms with Crippen molar-refractivity contribution in [1.82, 2.24) is 5.32 Å². The Bertz CT molecular complexity index is 399. The Morgan fingerprint density at radius 2 is 1.90 bits per heavy atom. The first-order valence-electron chi connectivity index (χ1n) is 7.34. The summed E-state index contributed by atoms with van der Waals surface area (Å²) < 4.78 is 5.68. The van der Waals surface area contributed by atoms with Crippen LogP contribution >= 0.6 is 11.8 Å². The molecule has 0 aromatic heterocycles. The highest BCUT2D eigenvalue weighted by Crippen LogP contribution is 2.17. The lowest BCUT2D eigenvalue weighted by Crippen LogP contribution is -2.39. The SMILES string of the molecule is Cc1cc(C)cc(OCC(O)CNC2CCSCC2)c1. The molecule has 2 N–H and O–H groups in total. The first-order chi connectivity index (χ1) is 9.63. The molecule has 1 heterocycles. The lowest BCUT2D eigenvalue weighted by Gasteiger charge is -2.24. The van der Waals surface area contributed by atoms with Crippen LogP contribution in [-0.4, -0.2) is 41.9 Å². The molecule has 1 fully saturated rings. The summed E-state index contributed by atoms with van der Waals surface area (Å²) in [6, 6.07) is 6.69. The molecule has 0 radical (unpaired) electrons. The third-order valence-corrected chi connectivity index (χ3v) is 4.55. The van der Waals surface area contributed by atoms with Crippen molar-refractivity contribution in [2.24, 2.45) is 0 Å². The first kappa shape index (κ1) is 15.7. The first-order valence-corrected chi connectivity index (χ1v) is 8.49. The molecule has 0 aliphatic carbocycles. The minimum atomic E-state index is -0.453. The van der Waals surface area contributed by atoms with Crippen LogP contribution in [0.3, 0.4) is 0 Å². The van der Waals surface area contributed by atoms with Gasteiger partial charge in [0.1, 0.15) is 18.5 Å². The van der Waals surface area contributed by atoms with Crippen molar-refractivity contribution in [3.05, 3.63) is 29.3 Å². The molecule has 1 unspecified atom stereocenters. The molecule has 1 saturated heterocycles. The van der Waals surface area contributed by atoms with Crippen molar-refractivity contribution < 1.29 is 9.84 Å². The molecule has 112 valence electrons. The van der Waals surface area contributed by atoms with Crippen molar-refractivity contribution in [2.45, 2.75) is 38.8 Å². The Kier molecular flexibility index (Phi) is 6.20. The van der Waals surface area contributed by atoms with Crippen LogP contribution in [0.25, 0.3) is 0 Å². The van der Waals surface area contributed by atoms with Crippen LogP contribution in [0.4, 0.5) is 0 Å². The minimum absolute atomic E-state index is 0.345. The molecule has 0 spiro atoms. The molecule has 2 rings (SSSR count). The van der Waals surface area contributed by atoms with Crippen molar-refractivity contribution in [1.29, 1.82) is 0 Å². The largest absolute Gasteiger partial charge is 0.491 e. The lowest BCUT2D eigenvalue weighted by atomic mass is 10.1. The Balaban J connectivity index is 1.70. The van der Waals surface area contributed by atoms with Gasteiger partial charge in [0.15, 0.2) is 0 Å². The van der Waals surface area contributed by atoms with Crippen molar-refractivity contribution >= 4 is 11.8 Å². The van der Waals surface area contributed by atoms with Crippen molar-refractivity contribution in [2.75, 3.05) is 24.7 Å². The van der Waals surface area contributed by atoms with Crippen LogP contribution in [0.2, 0.25) is 0 Å². The van der Waals surface area contributed by atoms with Gasteiger partial charge < -0.3 is 15.2 Å². The van der Waals surface area contributed by atoms with E-state index in [1.807, 2.05) is 23.9 Å². The smallest absolute Gasteiger partial charge is 0.119 e. The zero-order valence-electron chi connectivity index (χ0n) is 12.4. The van der Waals surface area contributed by atoms with E-state index in [0.29, 0.717) is 19.2 Å². The zero-order chi connectivity index (χ0) is 14.4. The van der Waals surface area contributed by atoms with Crippen LogP contribution in [0.15, 0.2) is 18.2 Å². The summed E-state index contributed by atoms with van der Waals surface area (Å²) in [6.45, 7) is 5.06. The average Bonchev–Trinajstić information content (AvgIpc) is 2.43. The number of thioether (sulfide) groups is 1. The van der Waals surface area contributed by atoms with E-state index in [1.165, 1.54) is 35.5 Å². The maximum absolute atomic E-state index is 9.99. The van der Waals surface area contributed by atoms with Gasteiger partial charge in [-0.05, 0) is 61.5 Å². The number of aliphatic hydroxyl groups excluding tert-OH is 1. The van der Waals surface area contributed by atoms with Gasteiger partial charge in [-0.3, -0.25) is 0 Å². The number of rotatable bonds is 6. The summed E-state index contributed by atoms with van der Waals surface area (Å²) in [5, 5.41) is 13.4. The van der Waals surface area contributed by atoms with E-state index < -0.39 is 6.10 Å². The van der Waals surface area contributed by atoms with Crippen LogP contribution < -0.4 is 10.1 Å². The topological polar surface area (TPSA) is 41.5 Å². The van der Waals surface area contributed by atoms with Crippen LogP contribution in [0, 0.1) is 13.8 Å². The fourth-order valence-electron chi connectivity index (χ4n) is 2.47. The Labute approximate surface area is 126 Å². The van der Waals surface area contributed by atoms with Crippen molar-refractivity contribution in [3.8, 4) is 5.75 Å². The van der Waals surface area contributed by atoms with E-state index in [4.69, 9.17) is 4.74 Å². The molecule has 0 bridgehead atoms. The van der Waals surface area contributed by atoms with Crippen molar-refractivity contribution in [3.63, 3.8) is 0 Å². The third-order valence-electron chi connectivity index (χ3n) is 3.50. The summed E-state index contributed by atoms with van der Waals surface area (Å²) in [6.07, 6.45) is 1.95. The second kappa shape index (κ2) is 7.91. The minimum Gasteiger partial charge on any atom is -0.491 e. The van der Waals surface area contributed by atoms with E-state index in [-0.39, 0.29) is 0 Å². The molecule has 20 heavy (non-hydrogen) atoms. The van der Waals surface area contributed by atoms with Gasteiger partial charge in [0.05, 0.1) is 0 Å². The molecule has 4 heteroatoms. The number of hydrogen-bond acceptors (Lipinski definition) is 4. The van der Waals surface area contributed by atoms with Gasteiger partial charge in [-0.15, -0.1) is 0 Å². The number of hydrogen-bond donors (Lipinski definition) is 2. The molecule has 0 amide bonds. The summed E-state index contributed by atoms with van der Waals surface area (Å²) >= 11 is 2.02. The van der Waals surface area contributed by atoms with Gasteiger partial charge in [-0.2, -0.15) is 11.8 Å². The molecular formula is C16H25NO2S. The van der Waals surface area contributed by atoms with Gasteiger partial charge in [-0.1, -0.05) is 6.07 Å². The highest BCUT2D eigenvalue weighted by atomic mass is 32.2. The molecular weight excluding hydrogens is 270 g/mol. The van der Waals surface area contributed by atoms with E-state index in [9.17, 15) is 5.11 Å². The maximum atomic E-state index is 9.99. The summed E-state index contributed by atoms with van der Waals surface area (Å²) in [7, 11) is 0. The van der Waals surface area contributed by atoms with Gasteiger partial charge in [-0.25, -0.2) is 0 Å². The second-order valence-corrected chi connectivity index (χ2v) is 6.81. The quantitative estimate of drug-likeness (QED) is 0.846. The molecule has 1 aliphatic rings. The van der Waals surface area contributed by atoms with Crippen LogP contribution in [0.1, 0.15) is 24.0 Å². The summed E-state index contributed by atoms with van der Waals surface area (Å²) in [5.74, 6) is 3.30. The normalized spacial score (nSPS) is 17.9. The number of nitrogens with one attached hydrogen (secondary N) is 1. The van der Waals surface area contributed by atoms with E-state index in [0.717, 1.165) is 5.75 Å². The molecule has 1 atom stereocenters. The van der Waals surface area contributed by atoms with E-state index >= 15 is 0 Å². The van der Waals surface area contributed by atoms with Gasteiger partial charge >= 0.3 is 0 Å². The Morgan fingerprint density at radius 1 is 1.25 bits per heavy atom. The zero-order valence-corrected chi connectivity index (χ0v) is 13.2. The number of aliphatic hydroxyl groups is 1. The van der Waals surface area contributed by atoms with Gasteiger partial charge in [0.25, 0.3) is 0 Å². The summed E-state index contributed by atoms with van der Waals surface area (Å²) in [4.78, 5) is 0. The average molecular weight is 295 g/mol. The number of benzene rings is 1. The molecule has 1 aliphatic heterocycles.